The van der Waals surface area contributed by atoms with E-state index in [1.54, 1.807) is 0 Å². The van der Waals surface area contributed by atoms with E-state index in [1.807, 2.05) is 24.4 Å². The fraction of sp³-hybridized carbons (Fsp3) is 0.353. The largest absolute Gasteiger partial charge is 0.398 e. The molecule has 1 aromatic heterocycles. The van der Waals surface area contributed by atoms with E-state index in [0.29, 0.717) is 0 Å². The van der Waals surface area contributed by atoms with Crippen LogP contribution in [0, 0.1) is 6.92 Å². The number of nitrogens with two attached hydrogens (primary N) is 1. The molecule has 21 heavy (non-hydrogen) atoms. The maximum atomic E-state index is 6.08. The predicted molar refractivity (Wildman–Crippen MR) is 87.3 cm³/mol. The van der Waals surface area contributed by atoms with Gasteiger partial charge in [0.2, 0.25) is 0 Å². The fourth-order valence-electron chi connectivity index (χ4n) is 2.79. The number of hydrogen-bond acceptors (Lipinski definition) is 4. The number of aryl methyl sites for hydroxylation is 1. The predicted octanol–water partition coefficient (Wildman–Crippen LogP) is 2.29. The third-order valence-electron chi connectivity index (χ3n) is 4.04. The molecule has 2 heterocycles. The smallest absolute Gasteiger partial charge is 0.128 e. The molecule has 2 aromatic rings. The van der Waals surface area contributed by atoms with E-state index in [9.17, 15) is 0 Å². The summed E-state index contributed by atoms with van der Waals surface area (Å²) in [6, 6.07) is 12.4. The lowest BCUT2D eigenvalue weighted by atomic mass is 10.1. The number of nitrogen functional groups attached to an aromatic ring is 1. The van der Waals surface area contributed by atoms with E-state index < -0.39 is 0 Å². The number of rotatable bonds is 3. The van der Waals surface area contributed by atoms with Crippen LogP contribution >= 0.6 is 0 Å². The van der Waals surface area contributed by atoms with Gasteiger partial charge in [-0.3, -0.25) is 4.90 Å². The molecule has 1 saturated heterocycles. The van der Waals surface area contributed by atoms with Crippen LogP contribution in [-0.4, -0.2) is 36.1 Å². The van der Waals surface area contributed by atoms with Gasteiger partial charge in [-0.2, -0.15) is 0 Å². The van der Waals surface area contributed by atoms with Gasteiger partial charge < -0.3 is 10.6 Å². The molecule has 110 valence electrons. The number of benzene rings is 1. The molecule has 0 radical (unpaired) electrons. The minimum absolute atomic E-state index is 0.896. The van der Waals surface area contributed by atoms with Crippen molar-refractivity contribution in [1.82, 2.24) is 9.88 Å². The quantitative estimate of drug-likeness (QED) is 0.877. The van der Waals surface area contributed by atoms with Crippen LogP contribution in [0.15, 0.2) is 42.6 Å². The van der Waals surface area contributed by atoms with Crippen LogP contribution in [-0.2, 0) is 6.54 Å². The van der Waals surface area contributed by atoms with Gasteiger partial charge in [0.25, 0.3) is 0 Å². The Labute approximate surface area is 126 Å². The minimum atomic E-state index is 0.896. The maximum absolute atomic E-state index is 6.08. The van der Waals surface area contributed by atoms with E-state index in [1.165, 1.54) is 11.1 Å². The van der Waals surface area contributed by atoms with Crippen LogP contribution in [0.2, 0.25) is 0 Å². The highest BCUT2D eigenvalue weighted by atomic mass is 15.3. The molecule has 1 aromatic carbocycles. The average molecular weight is 282 g/mol. The lowest BCUT2D eigenvalue weighted by Gasteiger charge is -2.35. The van der Waals surface area contributed by atoms with Crippen LogP contribution < -0.4 is 10.6 Å². The summed E-state index contributed by atoms with van der Waals surface area (Å²) in [7, 11) is 0. The summed E-state index contributed by atoms with van der Waals surface area (Å²) in [6.45, 7) is 7.17. The van der Waals surface area contributed by atoms with E-state index in [4.69, 9.17) is 5.73 Å². The summed E-state index contributed by atoms with van der Waals surface area (Å²) in [5.41, 5.74) is 9.48. The van der Waals surface area contributed by atoms with Crippen LogP contribution in [0.3, 0.4) is 0 Å². The third-order valence-corrected chi connectivity index (χ3v) is 4.04. The summed E-state index contributed by atoms with van der Waals surface area (Å²) < 4.78 is 0. The van der Waals surface area contributed by atoms with Crippen molar-refractivity contribution >= 4 is 11.5 Å². The summed E-state index contributed by atoms with van der Waals surface area (Å²) in [6.07, 6.45) is 1.86. The summed E-state index contributed by atoms with van der Waals surface area (Å²) in [4.78, 5) is 9.23. The standard InChI is InChI=1S/C17H22N4/c1-14-5-6-16(18)15(12-14)13-20-8-10-21(11-9-20)17-4-2-3-7-19-17/h2-7,12H,8-11,13,18H2,1H3. The molecule has 0 saturated carbocycles. The Balaban J connectivity index is 1.60. The maximum Gasteiger partial charge on any atom is 0.128 e. The first kappa shape index (κ1) is 13.9. The number of hydrogen-bond donors (Lipinski definition) is 1. The first-order chi connectivity index (χ1) is 10.2. The molecule has 4 heteroatoms. The highest BCUT2D eigenvalue weighted by Gasteiger charge is 2.18. The minimum Gasteiger partial charge on any atom is -0.398 e. The SMILES string of the molecule is Cc1ccc(N)c(CN2CCN(c3ccccn3)CC2)c1. The van der Waals surface area contributed by atoms with Gasteiger partial charge in [-0.25, -0.2) is 4.98 Å². The lowest BCUT2D eigenvalue weighted by molar-refractivity contribution is 0.249. The molecule has 0 spiro atoms. The number of anilines is 2. The van der Waals surface area contributed by atoms with Gasteiger partial charge in [-0.1, -0.05) is 23.8 Å². The zero-order chi connectivity index (χ0) is 14.7. The highest BCUT2D eigenvalue weighted by molar-refractivity contribution is 5.48. The molecule has 4 nitrogen and oxygen atoms in total. The second-order valence-corrected chi connectivity index (χ2v) is 5.65. The van der Waals surface area contributed by atoms with Gasteiger partial charge in [0.1, 0.15) is 5.82 Å². The first-order valence-corrected chi connectivity index (χ1v) is 7.46. The molecule has 0 unspecified atom stereocenters. The molecule has 3 rings (SSSR count). The Hall–Kier alpha value is -2.07. The molecular formula is C17H22N4. The van der Waals surface area contributed by atoms with E-state index in [0.717, 1.165) is 44.2 Å². The van der Waals surface area contributed by atoms with Crippen LogP contribution in [0.5, 0.6) is 0 Å². The van der Waals surface area contributed by atoms with Crippen LogP contribution in [0.1, 0.15) is 11.1 Å². The molecule has 0 aliphatic carbocycles. The van der Waals surface area contributed by atoms with Gasteiger partial charge in [0.15, 0.2) is 0 Å². The van der Waals surface area contributed by atoms with Crippen molar-refractivity contribution in [3.63, 3.8) is 0 Å². The molecule has 0 bridgehead atoms. The van der Waals surface area contributed by atoms with Crippen molar-refractivity contribution in [2.45, 2.75) is 13.5 Å². The zero-order valence-corrected chi connectivity index (χ0v) is 12.5. The molecular weight excluding hydrogens is 260 g/mol. The van der Waals surface area contributed by atoms with Crippen molar-refractivity contribution in [2.24, 2.45) is 0 Å². The highest BCUT2D eigenvalue weighted by Crippen LogP contribution is 2.18. The number of pyridine rings is 1. The van der Waals surface area contributed by atoms with Crippen LogP contribution in [0.25, 0.3) is 0 Å². The van der Waals surface area contributed by atoms with Gasteiger partial charge in [-0.05, 0) is 30.7 Å². The van der Waals surface area contributed by atoms with Crippen molar-refractivity contribution in [3.05, 3.63) is 53.7 Å². The Bertz CT molecular complexity index is 589. The number of nitrogens with zero attached hydrogens (tertiary/aromatic N) is 3. The zero-order valence-electron chi connectivity index (χ0n) is 12.5. The first-order valence-electron chi connectivity index (χ1n) is 7.46. The summed E-state index contributed by atoms with van der Waals surface area (Å²) in [5, 5.41) is 0. The Kier molecular flexibility index (Phi) is 4.06. The summed E-state index contributed by atoms with van der Waals surface area (Å²) in [5.74, 6) is 1.08. The van der Waals surface area contributed by atoms with Crippen molar-refractivity contribution < 1.29 is 0 Å². The van der Waals surface area contributed by atoms with Gasteiger partial charge in [0.05, 0.1) is 0 Å². The molecule has 0 atom stereocenters. The molecule has 2 N–H and O–H groups in total. The topological polar surface area (TPSA) is 45.4 Å². The Morgan fingerprint density at radius 2 is 1.90 bits per heavy atom. The normalized spacial score (nSPS) is 16.1. The molecule has 0 amide bonds. The fourth-order valence-corrected chi connectivity index (χ4v) is 2.79. The van der Waals surface area contributed by atoms with E-state index in [2.05, 4.69) is 39.9 Å². The van der Waals surface area contributed by atoms with Gasteiger partial charge >= 0.3 is 0 Å². The average Bonchev–Trinajstić information content (AvgIpc) is 2.53. The van der Waals surface area contributed by atoms with Crippen molar-refractivity contribution in [2.75, 3.05) is 36.8 Å². The van der Waals surface area contributed by atoms with Gasteiger partial charge in [-0.15, -0.1) is 0 Å². The van der Waals surface area contributed by atoms with E-state index >= 15 is 0 Å². The van der Waals surface area contributed by atoms with Gasteiger partial charge in [0, 0.05) is 44.6 Å². The number of piperazine rings is 1. The summed E-state index contributed by atoms with van der Waals surface area (Å²) >= 11 is 0. The second-order valence-electron chi connectivity index (χ2n) is 5.65. The van der Waals surface area contributed by atoms with Crippen LogP contribution in [0.4, 0.5) is 11.5 Å². The molecule has 1 aliphatic rings. The third kappa shape index (κ3) is 3.34. The number of aromatic nitrogens is 1. The second kappa shape index (κ2) is 6.14. The van der Waals surface area contributed by atoms with E-state index in [-0.39, 0.29) is 0 Å². The Morgan fingerprint density at radius 3 is 2.62 bits per heavy atom. The molecule has 1 aliphatic heterocycles. The monoisotopic (exact) mass is 282 g/mol. The van der Waals surface area contributed by atoms with Crippen molar-refractivity contribution in [3.8, 4) is 0 Å². The lowest BCUT2D eigenvalue weighted by Crippen LogP contribution is -2.46. The molecule has 1 fully saturated rings. The van der Waals surface area contributed by atoms with Crippen molar-refractivity contribution in [1.29, 1.82) is 0 Å². The Morgan fingerprint density at radius 1 is 1.10 bits per heavy atom.